The summed E-state index contributed by atoms with van der Waals surface area (Å²) in [7, 11) is 0. The van der Waals surface area contributed by atoms with Gasteiger partial charge in [-0.3, -0.25) is 4.90 Å². The summed E-state index contributed by atoms with van der Waals surface area (Å²) in [5, 5.41) is 0. The van der Waals surface area contributed by atoms with Crippen LogP contribution in [-0.2, 0) is 6.42 Å². The maximum atomic E-state index is 6.01. The van der Waals surface area contributed by atoms with Crippen LogP contribution >= 0.6 is 0 Å². The molecule has 1 saturated heterocycles. The van der Waals surface area contributed by atoms with Crippen molar-refractivity contribution in [3.05, 3.63) is 35.9 Å². The van der Waals surface area contributed by atoms with Gasteiger partial charge in [-0.1, -0.05) is 30.3 Å². The number of benzene rings is 1. The van der Waals surface area contributed by atoms with Crippen molar-refractivity contribution in [1.29, 1.82) is 0 Å². The van der Waals surface area contributed by atoms with Gasteiger partial charge in [0.2, 0.25) is 0 Å². The lowest BCUT2D eigenvalue weighted by Crippen LogP contribution is -2.47. The van der Waals surface area contributed by atoms with Gasteiger partial charge in [-0.25, -0.2) is 0 Å². The van der Waals surface area contributed by atoms with Crippen LogP contribution in [0.2, 0.25) is 0 Å². The number of hydrogen-bond acceptors (Lipinski definition) is 2. The molecule has 88 valence electrons. The van der Waals surface area contributed by atoms with E-state index in [1.165, 1.54) is 24.9 Å². The average molecular weight is 218 g/mol. The summed E-state index contributed by atoms with van der Waals surface area (Å²) in [4.78, 5) is 2.53. The molecule has 1 heterocycles. The van der Waals surface area contributed by atoms with Crippen LogP contribution < -0.4 is 5.73 Å². The van der Waals surface area contributed by atoms with Crippen LogP contribution in [0.4, 0.5) is 0 Å². The first-order valence-corrected chi connectivity index (χ1v) is 6.29. The van der Waals surface area contributed by atoms with E-state index in [-0.39, 0.29) is 0 Å². The van der Waals surface area contributed by atoms with Crippen molar-refractivity contribution < 1.29 is 0 Å². The molecule has 2 rings (SSSR count). The topological polar surface area (TPSA) is 29.3 Å². The summed E-state index contributed by atoms with van der Waals surface area (Å²) in [6, 6.07) is 11.7. The van der Waals surface area contributed by atoms with Gasteiger partial charge >= 0.3 is 0 Å². The highest BCUT2D eigenvalue weighted by molar-refractivity contribution is 5.15. The highest BCUT2D eigenvalue weighted by Gasteiger charge is 2.20. The Hall–Kier alpha value is -0.860. The fourth-order valence-corrected chi connectivity index (χ4v) is 2.52. The number of nitrogens with two attached hydrogens (primary N) is 1. The van der Waals surface area contributed by atoms with E-state index in [9.17, 15) is 0 Å². The molecule has 1 aliphatic rings. The fourth-order valence-electron chi connectivity index (χ4n) is 2.52. The molecule has 2 unspecified atom stereocenters. The third-order valence-corrected chi connectivity index (χ3v) is 3.49. The van der Waals surface area contributed by atoms with E-state index < -0.39 is 0 Å². The van der Waals surface area contributed by atoms with Crippen LogP contribution in [-0.4, -0.2) is 30.1 Å². The van der Waals surface area contributed by atoms with Gasteiger partial charge in [-0.05, 0) is 38.3 Å². The van der Waals surface area contributed by atoms with Gasteiger partial charge in [0.05, 0.1) is 0 Å². The Bertz CT molecular complexity index is 310. The molecular formula is C14H22N2. The first-order chi connectivity index (χ1) is 7.75. The molecule has 0 saturated carbocycles. The van der Waals surface area contributed by atoms with Gasteiger partial charge in [0.15, 0.2) is 0 Å². The Balaban J connectivity index is 1.90. The third-order valence-electron chi connectivity index (χ3n) is 3.49. The van der Waals surface area contributed by atoms with Crippen molar-refractivity contribution in [2.75, 3.05) is 13.1 Å². The summed E-state index contributed by atoms with van der Waals surface area (Å²) in [5.41, 5.74) is 7.44. The second-order valence-electron chi connectivity index (χ2n) is 4.94. The molecule has 0 bridgehead atoms. The van der Waals surface area contributed by atoms with Crippen LogP contribution in [0.3, 0.4) is 0 Å². The second kappa shape index (κ2) is 5.46. The minimum Gasteiger partial charge on any atom is -0.327 e. The molecule has 2 nitrogen and oxygen atoms in total. The highest BCUT2D eigenvalue weighted by Crippen LogP contribution is 2.14. The molecule has 0 aromatic heterocycles. The Morgan fingerprint density at radius 2 is 2.12 bits per heavy atom. The van der Waals surface area contributed by atoms with E-state index in [2.05, 4.69) is 42.2 Å². The molecule has 0 radical (unpaired) electrons. The molecule has 1 aliphatic heterocycles. The van der Waals surface area contributed by atoms with E-state index in [0.717, 1.165) is 13.0 Å². The number of hydrogen-bond donors (Lipinski definition) is 1. The number of piperidine rings is 1. The van der Waals surface area contributed by atoms with E-state index in [4.69, 9.17) is 5.73 Å². The predicted molar refractivity (Wildman–Crippen MR) is 68.4 cm³/mol. The van der Waals surface area contributed by atoms with Crippen molar-refractivity contribution >= 4 is 0 Å². The number of rotatable bonds is 3. The molecule has 2 heteroatoms. The molecule has 2 atom stereocenters. The van der Waals surface area contributed by atoms with E-state index in [1.807, 2.05) is 0 Å². The van der Waals surface area contributed by atoms with Gasteiger partial charge in [0.25, 0.3) is 0 Å². The average Bonchev–Trinajstić information content (AvgIpc) is 2.30. The maximum absolute atomic E-state index is 6.01. The molecule has 0 aliphatic carbocycles. The zero-order valence-electron chi connectivity index (χ0n) is 10.1. The van der Waals surface area contributed by atoms with Gasteiger partial charge in [-0.15, -0.1) is 0 Å². The van der Waals surface area contributed by atoms with Crippen LogP contribution in [0, 0.1) is 0 Å². The minimum absolute atomic E-state index is 0.381. The molecule has 1 aromatic carbocycles. The lowest BCUT2D eigenvalue weighted by molar-refractivity contribution is 0.158. The summed E-state index contributed by atoms with van der Waals surface area (Å²) in [6.07, 6.45) is 3.57. The summed E-state index contributed by atoms with van der Waals surface area (Å²) in [6.45, 7) is 4.58. The lowest BCUT2D eigenvalue weighted by Gasteiger charge is -2.35. The first kappa shape index (κ1) is 11.6. The molecular weight excluding hydrogens is 196 g/mol. The second-order valence-corrected chi connectivity index (χ2v) is 4.94. The SMILES string of the molecule is CC(Cc1ccccc1)N1CCCC(N)C1. The quantitative estimate of drug-likeness (QED) is 0.841. The van der Waals surface area contributed by atoms with Crippen molar-refractivity contribution in [1.82, 2.24) is 4.90 Å². The van der Waals surface area contributed by atoms with E-state index >= 15 is 0 Å². The van der Waals surface area contributed by atoms with Crippen LogP contribution in [0.25, 0.3) is 0 Å². The molecule has 1 fully saturated rings. The standard InChI is InChI=1S/C14H22N2/c1-12(10-13-6-3-2-4-7-13)16-9-5-8-14(15)11-16/h2-4,6-7,12,14H,5,8-11,15H2,1H3. The van der Waals surface area contributed by atoms with Crippen LogP contribution in [0.5, 0.6) is 0 Å². The van der Waals surface area contributed by atoms with Crippen LogP contribution in [0.15, 0.2) is 30.3 Å². The summed E-state index contributed by atoms with van der Waals surface area (Å²) >= 11 is 0. The monoisotopic (exact) mass is 218 g/mol. The third kappa shape index (κ3) is 3.06. The molecule has 0 spiro atoms. The lowest BCUT2D eigenvalue weighted by atomic mass is 10.0. The molecule has 0 amide bonds. The van der Waals surface area contributed by atoms with Gasteiger partial charge in [-0.2, -0.15) is 0 Å². The Morgan fingerprint density at radius 3 is 2.81 bits per heavy atom. The van der Waals surface area contributed by atoms with E-state index in [0.29, 0.717) is 12.1 Å². The predicted octanol–water partition coefficient (Wildman–Crippen LogP) is 2.04. The smallest absolute Gasteiger partial charge is 0.0168 e. The minimum atomic E-state index is 0.381. The molecule has 1 aromatic rings. The molecule has 16 heavy (non-hydrogen) atoms. The summed E-state index contributed by atoms with van der Waals surface area (Å²) in [5.74, 6) is 0. The van der Waals surface area contributed by atoms with Gasteiger partial charge in [0.1, 0.15) is 0 Å². The Kier molecular flexibility index (Phi) is 3.97. The maximum Gasteiger partial charge on any atom is 0.0168 e. The highest BCUT2D eigenvalue weighted by atomic mass is 15.2. The Morgan fingerprint density at radius 1 is 1.38 bits per heavy atom. The normalized spacial score (nSPS) is 24.2. The number of nitrogens with zero attached hydrogens (tertiary/aromatic N) is 1. The van der Waals surface area contributed by atoms with Crippen molar-refractivity contribution in [3.63, 3.8) is 0 Å². The van der Waals surface area contributed by atoms with E-state index in [1.54, 1.807) is 0 Å². The summed E-state index contributed by atoms with van der Waals surface area (Å²) < 4.78 is 0. The van der Waals surface area contributed by atoms with Crippen LogP contribution in [0.1, 0.15) is 25.3 Å². The largest absolute Gasteiger partial charge is 0.327 e. The zero-order chi connectivity index (χ0) is 11.4. The zero-order valence-corrected chi connectivity index (χ0v) is 10.1. The van der Waals surface area contributed by atoms with Gasteiger partial charge < -0.3 is 5.73 Å². The number of likely N-dealkylation sites (tertiary alicyclic amines) is 1. The van der Waals surface area contributed by atoms with Crippen molar-refractivity contribution in [3.8, 4) is 0 Å². The van der Waals surface area contributed by atoms with Gasteiger partial charge in [0, 0.05) is 18.6 Å². The fraction of sp³-hybridized carbons (Fsp3) is 0.571. The first-order valence-electron chi connectivity index (χ1n) is 6.29. The van der Waals surface area contributed by atoms with Crippen molar-refractivity contribution in [2.45, 2.75) is 38.3 Å². The van der Waals surface area contributed by atoms with Crippen molar-refractivity contribution in [2.24, 2.45) is 5.73 Å². The Labute approximate surface area is 98.4 Å². The molecule has 2 N–H and O–H groups in total.